The minimum Gasteiger partial charge on any atom is -0.493 e. The second kappa shape index (κ2) is 10.5. The summed E-state index contributed by atoms with van der Waals surface area (Å²) in [6.07, 6.45) is 3.30. The van der Waals surface area contributed by atoms with Gasteiger partial charge in [0.05, 0.1) is 12.0 Å². The van der Waals surface area contributed by atoms with Crippen LogP contribution < -0.4 is 20.2 Å². The van der Waals surface area contributed by atoms with Gasteiger partial charge in [-0.1, -0.05) is 12.1 Å². The van der Waals surface area contributed by atoms with E-state index in [0.29, 0.717) is 22.9 Å². The predicted octanol–water partition coefficient (Wildman–Crippen LogP) is 3.68. The van der Waals surface area contributed by atoms with E-state index in [-0.39, 0.29) is 18.0 Å². The monoisotopic (exact) mass is 487 g/mol. The molecule has 11 heteroatoms. The Hall–Kier alpha value is -5.06. The van der Waals surface area contributed by atoms with Crippen molar-refractivity contribution in [1.29, 1.82) is 0 Å². The van der Waals surface area contributed by atoms with Gasteiger partial charge in [-0.25, -0.2) is 4.68 Å². The lowest BCUT2D eigenvalue weighted by Crippen LogP contribution is -2.27. The maximum Gasteiger partial charge on any atom is 0.294 e. The SMILES string of the molecule is COc1ccc(NC(=O)c2nn(-c3ccccc3[N+](=O)[O-])c(C)cc2=O)cc1OCc1ccncc1. The number of nitrogens with one attached hydrogen (secondary N) is 1. The number of rotatable bonds is 8. The Labute approximate surface area is 205 Å². The largest absolute Gasteiger partial charge is 0.493 e. The Bertz CT molecular complexity index is 1490. The van der Waals surface area contributed by atoms with Gasteiger partial charge in [-0.15, -0.1) is 0 Å². The Morgan fingerprint density at radius 3 is 2.56 bits per heavy atom. The van der Waals surface area contributed by atoms with Gasteiger partial charge in [0.25, 0.3) is 11.6 Å². The summed E-state index contributed by atoms with van der Waals surface area (Å²) in [5, 5.41) is 18.2. The second-order valence-corrected chi connectivity index (χ2v) is 7.62. The van der Waals surface area contributed by atoms with Crippen LogP contribution in [0.25, 0.3) is 5.69 Å². The van der Waals surface area contributed by atoms with Crippen molar-refractivity contribution in [3.8, 4) is 17.2 Å². The van der Waals surface area contributed by atoms with Crippen LogP contribution in [0, 0.1) is 17.0 Å². The van der Waals surface area contributed by atoms with Crippen molar-refractivity contribution in [2.75, 3.05) is 12.4 Å². The average molecular weight is 487 g/mol. The molecule has 0 fully saturated rings. The zero-order chi connectivity index (χ0) is 25.7. The highest BCUT2D eigenvalue weighted by Gasteiger charge is 2.20. The first-order valence-corrected chi connectivity index (χ1v) is 10.7. The number of pyridine rings is 1. The lowest BCUT2D eigenvalue weighted by atomic mass is 10.2. The van der Waals surface area contributed by atoms with Crippen molar-refractivity contribution in [1.82, 2.24) is 14.8 Å². The Kier molecular flexibility index (Phi) is 7.00. The van der Waals surface area contributed by atoms with E-state index in [1.807, 2.05) is 12.1 Å². The molecule has 0 aliphatic rings. The van der Waals surface area contributed by atoms with E-state index >= 15 is 0 Å². The molecule has 2 aromatic heterocycles. The van der Waals surface area contributed by atoms with Gasteiger partial charge in [-0.2, -0.15) is 5.10 Å². The molecule has 0 saturated carbocycles. The summed E-state index contributed by atoms with van der Waals surface area (Å²) in [6.45, 7) is 1.82. The van der Waals surface area contributed by atoms with Crippen LogP contribution in [0.2, 0.25) is 0 Å². The van der Waals surface area contributed by atoms with Gasteiger partial charge >= 0.3 is 0 Å². The molecule has 36 heavy (non-hydrogen) atoms. The maximum absolute atomic E-state index is 13.0. The molecule has 4 rings (SSSR count). The summed E-state index contributed by atoms with van der Waals surface area (Å²) in [4.78, 5) is 40.4. The number of carbonyl (C=O) groups excluding carboxylic acids is 1. The molecule has 11 nitrogen and oxygen atoms in total. The number of para-hydroxylation sites is 2. The van der Waals surface area contributed by atoms with E-state index in [4.69, 9.17) is 9.47 Å². The van der Waals surface area contributed by atoms with Crippen molar-refractivity contribution < 1.29 is 19.2 Å². The second-order valence-electron chi connectivity index (χ2n) is 7.62. The number of amides is 1. The van der Waals surface area contributed by atoms with Crippen LogP contribution in [-0.4, -0.2) is 32.7 Å². The fourth-order valence-electron chi connectivity index (χ4n) is 3.44. The Balaban J connectivity index is 1.62. The molecule has 2 aromatic carbocycles. The summed E-state index contributed by atoms with van der Waals surface area (Å²) >= 11 is 0. The number of carbonyl (C=O) groups is 1. The number of hydrogen-bond acceptors (Lipinski definition) is 8. The zero-order valence-corrected chi connectivity index (χ0v) is 19.4. The molecule has 0 saturated heterocycles. The topological polar surface area (TPSA) is 138 Å². The first-order valence-electron chi connectivity index (χ1n) is 10.7. The van der Waals surface area contributed by atoms with Gasteiger partial charge in [-0.3, -0.25) is 24.7 Å². The number of benzene rings is 2. The van der Waals surface area contributed by atoms with Gasteiger partial charge in [0.1, 0.15) is 12.3 Å². The normalized spacial score (nSPS) is 10.5. The Morgan fingerprint density at radius 2 is 1.83 bits per heavy atom. The number of aromatic nitrogens is 3. The van der Waals surface area contributed by atoms with Gasteiger partial charge in [0, 0.05) is 42.0 Å². The lowest BCUT2D eigenvalue weighted by molar-refractivity contribution is -0.384. The number of methoxy groups -OCH3 is 1. The van der Waals surface area contributed by atoms with Crippen molar-refractivity contribution in [3.05, 3.63) is 110 Å². The molecule has 0 unspecified atom stereocenters. The minimum absolute atomic E-state index is 0.130. The predicted molar refractivity (Wildman–Crippen MR) is 131 cm³/mol. The van der Waals surface area contributed by atoms with E-state index < -0.39 is 22.0 Å². The van der Waals surface area contributed by atoms with Crippen LogP contribution >= 0.6 is 0 Å². The van der Waals surface area contributed by atoms with Crippen molar-refractivity contribution in [3.63, 3.8) is 0 Å². The quantitative estimate of drug-likeness (QED) is 0.293. The van der Waals surface area contributed by atoms with Gasteiger partial charge in [-0.05, 0) is 42.8 Å². The van der Waals surface area contributed by atoms with E-state index in [0.717, 1.165) is 5.56 Å². The van der Waals surface area contributed by atoms with Crippen LogP contribution in [0.5, 0.6) is 11.5 Å². The highest BCUT2D eigenvalue weighted by Crippen LogP contribution is 2.31. The molecule has 182 valence electrons. The van der Waals surface area contributed by atoms with Crippen LogP contribution in [-0.2, 0) is 6.61 Å². The van der Waals surface area contributed by atoms with Crippen molar-refractivity contribution in [2.24, 2.45) is 0 Å². The smallest absolute Gasteiger partial charge is 0.294 e. The Morgan fingerprint density at radius 1 is 1.08 bits per heavy atom. The van der Waals surface area contributed by atoms with Gasteiger partial charge < -0.3 is 14.8 Å². The first kappa shape index (κ1) is 24.1. The molecule has 2 heterocycles. The third-order valence-electron chi connectivity index (χ3n) is 5.19. The van der Waals surface area contributed by atoms with Crippen LogP contribution in [0.4, 0.5) is 11.4 Å². The molecule has 1 N–H and O–H groups in total. The van der Waals surface area contributed by atoms with Crippen LogP contribution in [0.3, 0.4) is 0 Å². The highest BCUT2D eigenvalue weighted by molar-refractivity contribution is 6.02. The molecular weight excluding hydrogens is 466 g/mol. The lowest BCUT2D eigenvalue weighted by Gasteiger charge is -2.14. The van der Waals surface area contributed by atoms with Crippen molar-refractivity contribution in [2.45, 2.75) is 13.5 Å². The molecule has 1 amide bonds. The zero-order valence-electron chi connectivity index (χ0n) is 19.4. The summed E-state index contributed by atoms with van der Waals surface area (Å²) in [5.74, 6) is 0.0492. The standard InChI is InChI=1S/C25H21N5O6/c1-16-13-21(31)24(28-29(16)19-5-3-4-6-20(19)30(33)34)25(32)27-18-7-8-22(35-2)23(14-18)36-15-17-9-11-26-12-10-17/h3-14H,15H2,1-2H3,(H,27,32). The number of nitro groups is 1. The molecule has 0 bridgehead atoms. The van der Waals surface area contributed by atoms with E-state index in [1.54, 1.807) is 43.6 Å². The summed E-state index contributed by atoms with van der Waals surface area (Å²) < 4.78 is 12.4. The van der Waals surface area contributed by atoms with E-state index in [1.165, 1.54) is 36.1 Å². The molecule has 0 atom stereocenters. The first-order chi connectivity index (χ1) is 17.4. The third-order valence-corrected chi connectivity index (χ3v) is 5.19. The summed E-state index contributed by atoms with van der Waals surface area (Å²) in [5.41, 5.74) is 0.434. The number of hydrogen-bond donors (Lipinski definition) is 1. The summed E-state index contributed by atoms with van der Waals surface area (Å²) in [7, 11) is 1.49. The summed E-state index contributed by atoms with van der Waals surface area (Å²) in [6, 6.07) is 15.5. The van der Waals surface area contributed by atoms with Gasteiger partial charge in [0.15, 0.2) is 17.2 Å². The van der Waals surface area contributed by atoms with E-state index in [9.17, 15) is 19.7 Å². The van der Waals surface area contributed by atoms with E-state index in [2.05, 4.69) is 15.4 Å². The average Bonchev–Trinajstić information content (AvgIpc) is 2.88. The molecule has 0 aliphatic carbocycles. The minimum atomic E-state index is -0.780. The number of anilines is 1. The molecular formula is C25H21N5O6. The number of ether oxygens (including phenoxy) is 2. The van der Waals surface area contributed by atoms with Crippen LogP contribution in [0.1, 0.15) is 21.7 Å². The fraction of sp³-hybridized carbons (Fsp3) is 0.120. The number of aryl methyl sites for hydroxylation is 1. The third kappa shape index (κ3) is 5.20. The number of nitrogens with zero attached hydrogens (tertiary/aromatic N) is 4. The van der Waals surface area contributed by atoms with Crippen LogP contribution in [0.15, 0.2) is 77.9 Å². The molecule has 4 aromatic rings. The van der Waals surface area contributed by atoms with Gasteiger partial charge in [0.2, 0.25) is 5.43 Å². The van der Waals surface area contributed by atoms with Crippen molar-refractivity contribution >= 4 is 17.3 Å². The highest BCUT2D eigenvalue weighted by atomic mass is 16.6. The fourth-order valence-corrected chi connectivity index (χ4v) is 3.44. The molecule has 0 spiro atoms. The molecule has 0 radical (unpaired) electrons. The molecule has 0 aliphatic heterocycles. The maximum atomic E-state index is 13.0. The number of nitro benzene ring substituents is 1.